The molecule has 2 N–H and O–H groups in total. The van der Waals surface area contributed by atoms with Crippen LogP contribution in [0.4, 0.5) is 13.2 Å². The lowest BCUT2D eigenvalue weighted by Gasteiger charge is -2.33. The number of aromatic amines is 1. The number of allylic oxidation sites excluding steroid dienone is 1. The Morgan fingerprint density at radius 1 is 1.12 bits per heavy atom. The molecule has 4 rings (SSSR count). The van der Waals surface area contributed by atoms with Gasteiger partial charge in [-0.05, 0) is 70.5 Å². The van der Waals surface area contributed by atoms with Crippen molar-refractivity contribution in [1.29, 1.82) is 0 Å². The van der Waals surface area contributed by atoms with Crippen LogP contribution < -0.4 is 10.1 Å². The summed E-state index contributed by atoms with van der Waals surface area (Å²) in [6.07, 6.45) is -0.803. The van der Waals surface area contributed by atoms with Crippen LogP contribution in [-0.4, -0.2) is 70.6 Å². The van der Waals surface area contributed by atoms with E-state index < -0.39 is 29.1 Å². The second kappa shape index (κ2) is 12.3. The average Bonchev–Trinajstić information content (AvgIpc) is 3.34. The topological polar surface area (TPSA) is 90.6 Å². The quantitative estimate of drug-likeness (QED) is 0.442. The molecule has 8 nitrogen and oxygen atoms in total. The number of fused-ring (bicyclic) bond motifs is 1. The Balaban J connectivity index is 1.66. The minimum absolute atomic E-state index is 0.0282. The van der Waals surface area contributed by atoms with E-state index in [1.54, 1.807) is 58.9 Å². The molecule has 1 aromatic carbocycles. The van der Waals surface area contributed by atoms with Gasteiger partial charge in [0.15, 0.2) is 0 Å². The van der Waals surface area contributed by atoms with Gasteiger partial charge in [0.05, 0.1) is 5.57 Å². The number of ether oxygens (including phenoxy) is 1. The van der Waals surface area contributed by atoms with Gasteiger partial charge in [0.2, 0.25) is 0 Å². The van der Waals surface area contributed by atoms with Crippen LogP contribution in [0.25, 0.3) is 5.57 Å². The highest BCUT2D eigenvalue weighted by Gasteiger charge is 2.47. The Kier molecular flexibility index (Phi) is 9.16. The number of piperidine rings is 1. The van der Waals surface area contributed by atoms with Crippen molar-refractivity contribution < 1.29 is 27.5 Å². The molecule has 0 saturated carbocycles. The summed E-state index contributed by atoms with van der Waals surface area (Å²) in [7, 11) is 0. The normalized spacial score (nSPS) is 17.8. The number of aromatic nitrogens is 2. The van der Waals surface area contributed by atoms with Crippen molar-refractivity contribution in [3.05, 3.63) is 52.5 Å². The highest BCUT2D eigenvalue weighted by atomic mass is 19.4. The smallest absolute Gasteiger partial charge is 0.433 e. The molecular formula is C30H40F3N5O3. The molecule has 0 bridgehead atoms. The summed E-state index contributed by atoms with van der Waals surface area (Å²) in [4.78, 5) is 31.2. The number of hydrogen-bond donors (Lipinski definition) is 2. The van der Waals surface area contributed by atoms with Crippen molar-refractivity contribution in [2.75, 3.05) is 32.8 Å². The number of rotatable bonds is 8. The van der Waals surface area contributed by atoms with Gasteiger partial charge in [-0.2, -0.15) is 18.3 Å². The summed E-state index contributed by atoms with van der Waals surface area (Å²) in [5.74, 6) is -0.355. The van der Waals surface area contributed by atoms with E-state index in [2.05, 4.69) is 20.4 Å². The predicted octanol–water partition coefficient (Wildman–Crippen LogP) is 5.37. The largest absolute Gasteiger partial charge is 0.492 e. The van der Waals surface area contributed by atoms with Crippen LogP contribution in [0.1, 0.15) is 87.6 Å². The summed E-state index contributed by atoms with van der Waals surface area (Å²) in [5, 5.41) is 8.92. The maximum absolute atomic E-state index is 14.1. The molecule has 0 unspecified atom stereocenters. The summed E-state index contributed by atoms with van der Waals surface area (Å²) in [5.41, 5.74) is -1.76. The van der Waals surface area contributed by atoms with E-state index in [1.807, 2.05) is 0 Å². The van der Waals surface area contributed by atoms with Gasteiger partial charge >= 0.3 is 6.18 Å². The molecule has 0 spiro atoms. The number of benzene rings is 1. The van der Waals surface area contributed by atoms with Crippen LogP contribution >= 0.6 is 0 Å². The molecule has 2 aliphatic heterocycles. The molecule has 2 amide bonds. The number of carbonyl (C=O) groups excluding carboxylic acids is 2. The second-order valence-corrected chi connectivity index (χ2v) is 11.7. The Bertz CT molecular complexity index is 1280. The highest BCUT2D eigenvalue weighted by Crippen LogP contribution is 2.44. The van der Waals surface area contributed by atoms with E-state index in [0.29, 0.717) is 23.6 Å². The molecule has 0 aliphatic carbocycles. The van der Waals surface area contributed by atoms with Crippen LogP contribution in [0.15, 0.2) is 30.0 Å². The first-order chi connectivity index (χ1) is 19.3. The number of H-pyrrole nitrogens is 1. The monoisotopic (exact) mass is 575 g/mol. The minimum atomic E-state index is -4.72. The highest BCUT2D eigenvalue weighted by molar-refractivity contribution is 6.21. The van der Waals surface area contributed by atoms with Crippen LogP contribution in [0.5, 0.6) is 5.75 Å². The number of alkyl halides is 3. The number of carbonyl (C=O) groups is 2. The molecule has 11 heteroatoms. The number of likely N-dealkylation sites (tertiary alicyclic amines) is 1. The van der Waals surface area contributed by atoms with E-state index in [4.69, 9.17) is 4.74 Å². The molecule has 1 fully saturated rings. The molecule has 0 atom stereocenters. The Morgan fingerprint density at radius 2 is 1.78 bits per heavy atom. The first-order valence-electron chi connectivity index (χ1n) is 14.3. The average molecular weight is 576 g/mol. The fourth-order valence-electron chi connectivity index (χ4n) is 5.69. The van der Waals surface area contributed by atoms with E-state index in [9.17, 15) is 22.8 Å². The lowest BCUT2D eigenvalue weighted by atomic mass is 9.81. The standard InChI is InChI=1S/C30H40F3N5O3/c1-6-22-23(27(39)34-19(2)3)25-24(26(36-35-25)30(31,32)33)29(4,5)18-38(22)28(40)20-10-12-21(13-11-20)41-17-16-37-14-8-7-9-15-37/h10-13,19H,6-9,14-18H2,1-5H3,(H,34,39)(H,35,36). The van der Waals surface area contributed by atoms with Crippen molar-refractivity contribution in [3.8, 4) is 5.75 Å². The number of hydrogen-bond acceptors (Lipinski definition) is 5. The number of amides is 2. The van der Waals surface area contributed by atoms with Crippen LogP contribution in [0, 0.1) is 0 Å². The zero-order valence-corrected chi connectivity index (χ0v) is 24.5. The summed E-state index contributed by atoms with van der Waals surface area (Å²) < 4.78 is 48.1. The van der Waals surface area contributed by atoms with E-state index in [0.717, 1.165) is 19.6 Å². The van der Waals surface area contributed by atoms with Crippen molar-refractivity contribution >= 4 is 17.4 Å². The van der Waals surface area contributed by atoms with E-state index in [-0.39, 0.29) is 35.8 Å². The lowest BCUT2D eigenvalue weighted by Crippen LogP contribution is -2.40. The third-order valence-corrected chi connectivity index (χ3v) is 7.58. The zero-order valence-electron chi connectivity index (χ0n) is 24.5. The molecule has 0 radical (unpaired) electrons. The van der Waals surface area contributed by atoms with Gasteiger partial charge in [-0.15, -0.1) is 0 Å². The zero-order chi connectivity index (χ0) is 29.9. The van der Waals surface area contributed by atoms with Crippen LogP contribution in [0.2, 0.25) is 0 Å². The van der Waals surface area contributed by atoms with Gasteiger partial charge in [-0.1, -0.05) is 27.2 Å². The van der Waals surface area contributed by atoms with Gasteiger partial charge < -0.3 is 15.0 Å². The molecule has 1 saturated heterocycles. The minimum Gasteiger partial charge on any atom is -0.492 e. The van der Waals surface area contributed by atoms with Gasteiger partial charge in [0, 0.05) is 41.4 Å². The molecule has 2 aromatic rings. The first kappa shape index (κ1) is 30.6. The number of nitrogens with one attached hydrogen (secondary N) is 2. The van der Waals surface area contributed by atoms with Crippen molar-refractivity contribution in [3.63, 3.8) is 0 Å². The fraction of sp³-hybridized carbons (Fsp3) is 0.567. The van der Waals surface area contributed by atoms with E-state index >= 15 is 0 Å². The second-order valence-electron chi connectivity index (χ2n) is 11.7. The summed E-state index contributed by atoms with van der Waals surface area (Å²) >= 11 is 0. The summed E-state index contributed by atoms with van der Waals surface area (Å²) in [6, 6.07) is 6.47. The van der Waals surface area contributed by atoms with Gasteiger partial charge in [0.1, 0.15) is 23.7 Å². The molecule has 224 valence electrons. The van der Waals surface area contributed by atoms with Gasteiger partial charge in [-0.25, -0.2) is 0 Å². The van der Waals surface area contributed by atoms with E-state index in [1.165, 1.54) is 24.2 Å². The third kappa shape index (κ3) is 6.77. The van der Waals surface area contributed by atoms with Crippen molar-refractivity contribution in [2.24, 2.45) is 0 Å². The molecule has 2 aliphatic rings. The van der Waals surface area contributed by atoms with Gasteiger partial charge in [-0.3, -0.25) is 19.6 Å². The van der Waals surface area contributed by atoms with Crippen molar-refractivity contribution in [1.82, 2.24) is 25.3 Å². The van der Waals surface area contributed by atoms with Crippen LogP contribution in [-0.2, 0) is 16.4 Å². The van der Waals surface area contributed by atoms with Crippen LogP contribution in [0.3, 0.4) is 0 Å². The Labute approximate surface area is 239 Å². The lowest BCUT2D eigenvalue weighted by molar-refractivity contribution is -0.142. The SMILES string of the molecule is CCC1=C(C(=O)NC(C)C)c2n[nH]c(C(F)(F)F)c2C(C)(C)CN1C(=O)c1ccc(OCCN2CCCCC2)cc1. The maximum atomic E-state index is 14.1. The Hall–Kier alpha value is -3.34. The maximum Gasteiger partial charge on any atom is 0.433 e. The third-order valence-electron chi connectivity index (χ3n) is 7.58. The predicted molar refractivity (Wildman–Crippen MR) is 150 cm³/mol. The number of nitrogens with zero attached hydrogens (tertiary/aromatic N) is 3. The van der Waals surface area contributed by atoms with Gasteiger partial charge in [0.25, 0.3) is 11.8 Å². The molecular weight excluding hydrogens is 535 g/mol. The number of halogens is 3. The molecule has 1 aromatic heterocycles. The summed E-state index contributed by atoms with van der Waals surface area (Å²) in [6.45, 7) is 12.0. The fourth-order valence-corrected chi connectivity index (χ4v) is 5.69. The van der Waals surface area contributed by atoms with Crippen molar-refractivity contribution in [2.45, 2.75) is 77.9 Å². The molecule has 3 heterocycles. The molecule has 41 heavy (non-hydrogen) atoms. The first-order valence-corrected chi connectivity index (χ1v) is 14.3. The Morgan fingerprint density at radius 3 is 2.37 bits per heavy atom.